The molecule has 1 fully saturated rings. The van der Waals surface area contributed by atoms with Gasteiger partial charge in [-0.25, -0.2) is 0 Å². The Labute approximate surface area is 180 Å². The van der Waals surface area contributed by atoms with Gasteiger partial charge in [0.1, 0.15) is 5.52 Å². The van der Waals surface area contributed by atoms with Crippen LogP contribution in [0.2, 0.25) is 0 Å². The first-order chi connectivity index (χ1) is 15.2. The highest BCUT2D eigenvalue weighted by molar-refractivity contribution is 6.28. The van der Waals surface area contributed by atoms with Crippen molar-refractivity contribution in [2.75, 3.05) is 23.3 Å². The summed E-state index contributed by atoms with van der Waals surface area (Å²) < 4.78 is 5.87. The number of benzene rings is 3. The van der Waals surface area contributed by atoms with Gasteiger partial charge in [-0.3, -0.25) is 4.79 Å². The zero-order valence-electron chi connectivity index (χ0n) is 17.4. The van der Waals surface area contributed by atoms with Crippen LogP contribution in [-0.2, 0) is 0 Å². The lowest BCUT2D eigenvalue weighted by Gasteiger charge is -2.30. The van der Waals surface area contributed by atoms with Crippen LogP contribution in [0.1, 0.15) is 40.7 Å². The Hall–Kier alpha value is -3.60. The summed E-state index contributed by atoms with van der Waals surface area (Å²) in [7, 11) is 0. The molecule has 0 atom stereocenters. The lowest BCUT2D eigenvalue weighted by molar-refractivity contribution is 0.104. The first-order valence-corrected chi connectivity index (χ1v) is 10.9. The molecule has 5 heteroatoms. The first kappa shape index (κ1) is 18.2. The van der Waals surface area contributed by atoms with E-state index in [0.717, 1.165) is 59.5 Å². The largest absolute Gasteiger partial charge is 0.370 e. The van der Waals surface area contributed by atoms with Crippen molar-refractivity contribution in [1.82, 2.24) is 5.16 Å². The Balaban J connectivity index is 1.62. The fourth-order valence-corrected chi connectivity index (χ4v) is 4.90. The number of anilines is 3. The lowest BCUT2D eigenvalue weighted by Crippen LogP contribution is -2.29. The number of hydrogen-bond acceptors (Lipinski definition) is 5. The van der Waals surface area contributed by atoms with Crippen LogP contribution in [0.15, 0.2) is 59.1 Å². The highest BCUT2D eigenvalue weighted by Crippen LogP contribution is 2.46. The molecule has 5 nitrogen and oxygen atoms in total. The van der Waals surface area contributed by atoms with Gasteiger partial charge in [0.05, 0.1) is 22.3 Å². The average molecular weight is 409 g/mol. The van der Waals surface area contributed by atoms with Crippen molar-refractivity contribution in [1.29, 1.82) is 0 Å². The predicted molar refractivity (Wildman–Crippen MR) is 123 cm³/mol. The number of ketones is 1. The molecule has 31 heavy (non-hydrogen) atoms. The Kier molecular flexibility index (Phi) is 4.10. The first-order valence-electron chi connectivity index (χ1n) is 10.9. The lowest BCUT2D eigenvalue weighted by atomic mass is 9.86. The van der Waals surface area contributed by atoms with E-state index in [4.69, 9.17) is 4.52 Å². The summed E-state index contributed by atoms with van der Waals surface area (Å²) in [4.78, 5) is 16.0. The molecule has 0 unspecified atom stereocenters. The summed E-state index contributed by atoms with van der Waals surface area (Å²) >= 11 is 0. The van der Waals surface area contributed by atoms with Gasteiger partial charge in [-0.1, -0.05) is 41.6 Å². The SMILES string of the molecule is Cc1cccc(Nc2cc(N3CCCCC3)c3noc4c3c2C(=O)c2ccccc2-4)c1. The second kappa shape index (κ2) is 6.98. The number of carbonyl (C=O) groups excluding carboxylic acids is 1. The Bertz CT molecular complexity index is 1330. The van der Waals surface area contributed by atoms with Crippen LogP contribution in [0.25, 0.3) is 22.2 Å². The summed E-state index contributed by atoms with van der Waals surface area (Å²) in [5.74, 6) is 0.697. The average Bonchev–Trinajstić information content (AvgIpc) is 3.24. The van der Waals surface area contributed by atoms with E-state index in [0.29, 0.717) is 16.9 Å². The summed E-state index contributed by atoms with van der Waals surface area (Å²) in [5, 5.41) is 8.82. The van der Waals surface area contributed by atoms with Gasteiger partial charge in [0.25, 0.3) is 0 Å². The number of rotatable bonds is 3. The van der Waals surface area contributed by atoms with Gasteiger partial charge in [0.2, 0.25) is 0 Å². The summed E-state index contributed by atoms with van der Waals surface area (Å²) in [5.41, 5.74) is 6.88. The highest BCUT2D eigenvalue weighted by Gasteiger charge is 2.33. The smallest absolute Gasteiger partial charge is 0.196 e. The zero-order chi connectivity index (χ0) is 20.9. The van der Waals surface area contributed by atoms with E-state index in [1.54, 1.807) is 0 Å². The van der Waals surface area contributed by atoms with Gasteiger partial charge in [0.15, 0.2) is 11.5 Å². The van der Waals surface area contributed by atoms with Crippen molar-refractivity contribution in [3.8, 4) is 11.3 Å². The third-order valence-electron chi connectivity index (χ3n) is 6.37. The van der Waals surface area contributed by atoms with E-state index in [9.17, 15) is 4.79 Å². The molecule has 0 amide bonds. The number of nitrogens with one attached hydrogen (secondary N) is 1. The van der Waals surface area contributed by atoms with Crippen LogP contribution >= 0.6 is 0 Å². The van der Waals surface area contributed by atoms with Crippen molar-refractivity contribution in [3.63, 3.8) is 0 Å². The molecule has 1 aliphatic heterocycles. The van der Waals surface area contributed by atoms with Gasteiger partial charge in [-0.05, 0) is 49.9 Å². The Morgan fingerprint density at radius 2 is 1.77 bits per heavy atom. The number of aryl methyl sites for hydroxylation is 1. The van der Waals surface area contributed by atoms with Crippen LogP contribution in [0.5, 0.6) is 0 Å². The number of aromatic nitrogens is 1. The molecule has 2 aliphatic rings. The highest BCUT2D eigenvalue weighted by atomic mass is 16.5. The minimum atomic E-state index is 0.0108. The van der Waals surface area contributed by atoms with Crippen LogP contribution in [0.4, 0.5) is 17.1 Å². The molecule has 0 saturated carbocycles. The number of carbonyl (C=O) groups is 1. The van der Waals surface area contributed by atoms with E-state index < -0.39 is 0 Å². The van der Waals surface area contributed by atoms with Gasteiger partial charge in [-0.15, -0.1) is 0 Å². The Morgan fingerprint density at radius 1 is 0.968 bits per heavy atom. The maximum atomic E-state index is 13.6. The predicted octanol–water partition coefficient (Wildman–Crippen LogP) is 6.08. The molecule has 0 radical (unpaired) electrons. The van der Waals surface area contributed by atoms with E-state index in [1.807, 2.05) is 36.4 Å². The van der Waals surface area contributed by atoms with E-state index in [1.165, 1.54) is 12.0 Å². The third kappa shape index (κ3) is 2.84. The van der Waals surface area contributed by atoms with Gasteiger partial charge < -0.3 is 14.7 Å². The topological polar surface area (TPSA) is 58.4 Å². The summed E-state index contributed by atoms with van der Waals surface area (Å²) in [6, 6.07) is 17.9. The van der Waals surface area contributed by atoms with Crippen molar-refractivity contribution in [2.45, 2.75) is 26.2 Å². The second-order valence-corrected chi connectivity index (χ2v) is 8.47. The van der Waals surface area contributed by atoms with Gasteiger partial charge >= 0.3 is 0 Å². The minimum absolute atomic E-state index is 0.0108. The third-order valence-corrected chi connectivity index (χ3v) is 6.37. The van der Waals surface area contributed by atoms with Crippen LogP contribution < -0.4 is 10.2 Å². The number of hydrogen-bond donors (Lipinski definition) is 1. The number of fused-ring (bicyclic) bond motifs is 2. The van der Waals surface area contributed by atoms with Crippen molar-refractivity contribution in [3.05, 3.63) is 71.3 Å². The molecule has 1 aromatic heterocycles. The number of nitrogens with zero attached hydrogens (tertiary/aromatic N) is 2. The molecule has 1 N–H and O–H groups in total. The number of piperidine rings is 1. The van der Waals surface area contributed by atoms with E-state index in [-0.39, 0.29) is 5.78 Å². The monoisotopic (exact) mass is 409 g/mol. The molecule has 6 rings (SSSR count). The summed E-state index contributed by atoms with van der Waals surface area (Å²) in [6.07, 6.45) is 3.58. The van der Waals surface area contributed by atoms with Crippen LogP contribution in [-0.4, -0.2) is 24.0 Å². The Morgan fingerprint density at radius 3 is 2.58 bits per heavy atom. The van der Waals surface area contributed by atoms with Gasteiger partial charge in [-0.2, -0.15) is 0 Å². The van der Waals surface area contributed by atoms with Crippen LogP contribution in [0.3, 0.4) is 0 Å². The zero-order valence-corrected chi connectivity index (χ0v) is 17.4. The molecule has 2 heterocycles. The standard InChI is InChI=1S/C26H23N3O2/c1-16-8-7-9-17(14-16)27-20-15-21(29-12-5-2-6-13-29)24-23-22(20)25(30)18-10-3-4-11-19(18)26(23)31-28-24/h3-4,7-11,14-15,27H,2,5-6,12-13H2,1H3. The minimum Gasteiger partial charge on any atom is -0.370 e. The molecule has 1 aliphatic carbocycles. The van der Waals surface area contributed by atoms with Crippen molar-refractivity contribution >= 4 is 33.7 Å². The molecule has 0 bridgehead atoms. The maximum absolute atomic E-state index is 13.6. The molecule has 154 valence electrons. The normalized spacial score (nSPS) is 15.3. The molecular formula is C26H23N3O2. The second-order valence-electron chi connectivity index (χ2n) is 8.47. The fraction of sp³-hybridized carbons (Fsp3) is 0.231. The van der Waals surface area contributed by atoms with Crippen LogP contribution in [0, 0.1) is 6.92 Å². The molecule has 0 spiro atoms. The molecular weight excluding hydrogens is 386 g/mol. The maximum Gasteiger partial charge on any atom is 0.196 e. The quantitative estimate of drug-likeness (QED) is 0.391. The van der Waals surface area contributed by atoms with E-state index >= 15 is 0 Å². The summed E-state index contributed by atoms with van der Waals surface area (Å²) in [6.45, 7) is 4.05. The fourth-order valence-electron chi connectivity index (χ4n) is 4.90. The van der Waals surface area contributed by atoms with Gasteiger partial charge in [0, 0.05) is 29.9 Å². The van der Waals surface area contributed by atoms with E-state index in [2.05, 4.69) is 40.5 Å². The molecule has 1 saturated heterocycles. The van der Waals surface area contributed by atoms with Crippen molar-refractivity contribution < 1.29 is 9.32 Å². The molecule has 3 aromatic carbocycles. The molecule has 4 aromatic rings. The van der Waals surface area contributed by atoms with Crippen molar-refractivity contribution in [2.24, 2.45) is 0 Å².